The second kappa shape index (κ2) is 3.09. The van der Waals surface area contributed by atoms with Gasteiger partial charge in [-0.3, -0.25) is 0 Å². The van der Waals surface area contributed by atoms with Crippen LogP contribution in [0.15, 0.2) is 36.5 Å². The van der Waals surface area contributed by atoms with E-state index >= 15 is 0 Å². The van der Waals surface area contributed by atoms with Crippen molar-refractivity contribution in [2.24, 2.45) is 0 Å². The van der Waals surface area contributed by atoms with E-state index < -0.39 is 0 Å². The van der Waals surface area contributed by atoms with Crippen molar-refractivity contribution in [2.45, 2.75) is 6.42 Å². The lowest BCUT2D eigenvalue weighted by atomic mass is 10.1. The Balaban J connectivity index is 2.26. The molecule has 74 valence electrons. The van der Waals surface area contributed by atoms with Gasteiger partial charge in [-0.15, -0.1) is 0 Å². The van der Waals surface area contributed by atoms with Crippen molar-refractivity contribution in [2.75, 3.05) is 7.11 Å². The Morgan fingerprint density at radius 2 is 2.00 bits per heavy atom. The maximum atomic E-state index is 5.28. The van der Waals surface area contributed by atoms with Gasteiger partial charge >= 0.3 is 0 Å². The lowest BCUT2D eigenvalue weighted by molar-refractivity contribution is 0.394. The molecule has 0 amide bonds. The van der Waals surface area contributed by atoms with Crippen LogP contribution in [0.4, 0.5) is 0 Å². The molecule has 2 aromatic rings. The van der Waals surface area contributed by atoms with Gasteiger partial charge in [-0.1, -0.05) is 24.3 Å². The highest BCUT2D eigenvalue weighted by molar-refractivity contribution is 5.77. The quantitative estimate of drug-likeness (QED) is 0.598. The van der Waals surface area contributed by atoms with Crippen LogP contribution in [-0.4, -0.2) is 12.1 Å². The molecule has 0 radical (unpaired) electrons. The van der Waals surface area contributed by atoms with Crippen LogP contribution < -0.4 is 4.74 Å². The fraction of sp³-hybridized carbons (Fsp3) is 0.154. The number of hydrogen-bond acceptors (Lipinski definition) is 2. The number of pyridine rings is 1. The highest BCUT2D eigenvalue weighted by Gasteiger charge is 2.21. The van der Waals surface area contributed by atoms with Gasteiger partial charge in [0.25, 0.3) is 0 Å². The molecule has 2 heteroatoms. The molecule has 0 fully saturated rings. The lowest BCUT2D eigenvalue weighted by Crippen LogP contribution is -1.92. The SMILES string of the molecule is COc1nccc2c1Cc1ccccc1-2. The smallest absolute Gasteiger partial charge is 0.217 e. The molecule has 0 atom stereocenters. The summed E-state index contributed by atoms with van der Waals surface area (Å²) in [6.45, 7) is 0. The number of methoxy groups -OCH3 is 1. The van der Waals surface area contributed by atoms with Crippen molar-refractivity contribution >= 4 is 0 Å². The van der Waals surface area contributed by atoms with E-state index in [2.05, 4.69) is 35.3 Å². The minimum atomic E-state index is 0.753. The molecule has 3 rings (SSSR count). The normalized spacial score (nSPS) is 12.1. The maximum absolute atomic E-state index is 5.28. The molecule has 0 aliphatic heterocycles. The standard InChI is InChI=1S/C13H11NO/c1-15-13-12-8-9-4-2-3-5-10(9)11(12)6-7-14-13/h2-7H,8H2,1H3. The van der Waals surface area contributed by atoms with Crippen LogP contribution in [0.3, 0.4) is 0 Å². The van der Waals surface area contributed by atoms with Crippen molar-refractivity contribution in [1.82, 2.24) is 4.98 Å². The number of aromatic nitrogens is 1. The average Bonchev–Trinajstić information content (AvgIpc) is 2.67. The van der Waals surface area contributed by atoms with Gasteiger partial charge in [0.1, 0.15) is 0 Å². The van der Waals surface area contributed by atoms with Gasteiger partial charge in [0.05, 0.1) is 7.11 Å². The molecule has 1 aliphatic rings. The van der Waals surface area contributed by atoms with Crippen molar-refractivity contribution < 1.29 is 4.74 Å². The Kier molecular flexibility index (Phi) is 1.75. The minimum absolute atomic E-state index is 0.753. The van der Waals surface area contributed by atoms with E-state index in [4.69, 9.17) is 4.74 Å². The monoisotopic (exact) mass is 197 g/mol. The van der Waals surface area contributed by atoms with E-state index in [0.717, 1.165) is 12.3 Å². The summed E-state index contributed by atoms with van der Waals surface area (Å²) in [6.07, 6.45) is 2.74. The van der Waals surface area contributed by atoms with Crippen molar-refractivity contribution in [1.29, 1.82) is 0 Å². The molecule has 1 aliphatic carbocycles. The Labute approximate surface area is 88.5 Å². The first-order valence-corrected chi connectivity index (χ1v) is 5.00. The van der Waals surface area contributed by atoms with Crippen molar-refractivity contribution in [3.8, 4) is 17.0 Å². The third-order valence-electron chi connectivity index (χ3n) is 2.88. The Hall–Kier alpha value is -1.83. The molecule has 15 heavy (non-hydrogen) atoms. The van der Waals surface area contributed by atoms with Crippen LogP contribution in [0, 0.1) is 0 Å². The number of fused-ring (bicyclic) bond motifs is 3. The molecule has 2 nitrogen and oxygen atoms in total. The molecule has 1 aromatic heterocycles. The fourth-order valence-corrected chi connectivity index (χ4v) is 2.20. The van der Waals surface area contributed by atoms with Crippen LogP contribution in [0.1, 0.15) is 11.1 Å². The summed E-state index contributed by atoms with van der Waals surface area (Å²) >= 11 is 0. The largest absolute Gasteiger partial charge is 0.481 e. The highest BCUT2D eigenvalue weighted by atomic mass is 16.5. The first-order chi connectivity index (χ1) is 7.40. The summed E-state index contributed by atoms with van der Waals surface area (Å²) in [5.74, 6) is 0.753. The Morgan fingerprint density at radius 1 is 1.13 bits per heavy atom. The predicted octanol–water partition coefficient (Wildman–Crippen LogP) is 2.66. The summed E-state index contributed by atoms with van der Waals surface area (Å²) in [5.41, 5.74) is 5.14. The number of benzene rings is 1. The molecular weight excluding hydrogens is 186 g/mol. The summed E-state index contributed by atoms with van der Waals surface area (Å²) in [4.78, 5) is 4.23. The van der Waals surface area contributed by atoms with Crippen LogP contribution in [0.2, 0.25) is 0 Å². The average molecular weight is 197 g/mol. The zero-order chi connectivity index (χ0) is 10.3. The van der Waals surface area contributed by atoms with Gasteiger partial charge in [-0.05, 0) is 22.8 Å². The Bertz CT molecular complexity index is 520. The van der Waals surface area contributed by atoms with Crippen LogP contribution in [-0.2, 0) is 6.42 Å². The number of nitrogens with zero attached hydrogens (tertiary/aromatic N) is 1. The Morgan fingerprint density at radius 3 is 2.87 bits per heavy atom. The summed E-state index contributed by atoms with van der Waals surface area (Å²) in [7, 11) is 1.67. The molecule has 0 bridgehead atoms. The van der Waals surface area contributed by atoms with E-state index in [0.29, 0.717) is 0 Å². The molecule has 0 saturated carbocycles. The molecule has 0 N–H and O–H groups in total. The fourth-order valence-electron chi connectivity index (χ4n) is 2.20. The van der Waals surface area contributed by atoms with E-state index in [9.17, 15) is 0 Å². The van der Waals surface area contributed by atoms with E-state index in [1.165, 1.54) is 22.3 Å². The van der Waals surface area contributed by atoms with Crippen LogP contribution in [0.5, 0.6) is 5.88 Å². The van der Waals surface area contributed by atoms with Crippen LogP contribution >= 0.6 is 0 Å². The van der Waals surface area contributed by atoms with Crippen LogP contribution in [0.25, 0.3) is 11.1 Å². The number of rotatable bonds is 1. The van der Waals surface area contributed by atoms with Gasteiger partial charge < -0.3 is 4.74 Å². The zero-order valence-corrected chi connectivity index (χ0v) is 8.53. The van der Waals surface area contributed by atoms with Gasteiger partial charge in [0.2, 0.25) is 5.88 Å². The molecular formula is C13H11NO. The summed E-state index contributed by atoms with van der Waals surface area (Å²) in [5, 5.41) is 0. The van der Waals surface area contributed by atoms with Gasteiger partial charge in [-0.2, -0.15) is 0 Å². The lowest BCUT2D eigenvalue weighted by Gasteiger charge is -2.04. The summed E-state index contributed by atoms with van der Waals surface area (Å²) in [6, 6.07) is 10.5. The number of ether oxygens (including phenoxy) is 1. The maximum Gasteiger partial charge on any atom is 0.217 e. The second-order valence-electron chi connectivity index (χ2n) is 3.68. The van der Waals surface area contributed by atoms with Gasteiger partial charge in [-0.25, -0.2) is 4.98 Å². The molecule has 0 unspecified atom stereocenters. The second-order valence-corrected chi connectivity index (χ2v) is 3.68. The third-order valence-corrected chi connectivity index (χ3v) is 2.88. The van der Waals surface area contributed by atoms with Gasteiger partial charge in [0, 0.05) is 18.2 Å². The topological polar surface area (TPSA) is 22.1 Å². The molecule has 1 heterocycles. The molecule has 0 spiro atoms. The minimum Gasteiger partial charge on any atom is -0.481 e. The van der Waals surface area contributed by atoms with E-state index in [1.807, 2.05) is 0 Å². The zero-order valence-electron chi connectivity index (χ0n) is 8.53. The van der Waals surface area contributed by atoms with Crippen molar-refractivity contribution in [3.63, 3.8) is 0 Å². The van der Waals surface area contributed by atoms with E-state index in [-0.39, 0.29) is 0 Å². The highest BCUT2D eigenvalue weighted by Crippen LogP contribution is 2.39. The number of hydrogen-bond donors (Lipinski definition) is 0. The first kappa shape index (κ1) is 8.48. The van der Waals surface area contributed by atoms with Crippen molar-refractivity contribution in [3.05, 3.63) is 47.7 Å². The first-order valence-electron chi connectivity index (χ1n) is 5.00. The van der Waals surface area contributed by atoms with Gasteiger partial charge in [0.15, 0.2) is 0 Å². The predicted molar refractivity (Wildman–Crippen MR) is 59.0 cm³/mol. The molecule has 0 saturated heterocycles. The third kappa shape index (κ3) is 1.14. The summed E-state index contributed by atoms with van der Waals surface area (Å²) < 4.78 is 5.28. The van der Waals surface area contributed by atoms with E-state index in [1.54, 1.807) is 13.3 Å². The molecule has 1 aromatic carbocycles.